The van der Waals surface area contributed by atoms with Crippen molar-refractivity contribution in [1.29, 1.82) is 0 Å². The van der Waals surface area contributed by atoms with E-state index >= 15 is 0 Å². The lowest BCUT2D eigenvalue weighted by atomic mass is 10.0. The highest BCUT2D eigenvalue weighted by molar-refractivity contribution is 7.89. The molecule has 7 nitrogen and oxygen atoms in total. The Hall–Kier alpha value is -3.46. The van der Waals surface area contributed by atoms with Crippen LogP contribution in [-0.4, -0.2) is 29.9 Å². The summed E-state index contributed by atoms with van der Waals surface area (Å²) in [7, 11) is -4.10. The number of anilines is 1. The average molecular weight is 520 g/mol. The number of nitrogens with zero attached hydrogens (tertiary/aromatic N) is 1. The van der Waals surface area contributed by atoms with Crippen LogP contribution >= 0.6 is 0 Å². The summed E-state index contributed by atoms with van der Waals surface area (Å²) >= 11 is 0. The van der Waals surface area contributed by atoms with E-state index in [1.165, 1.54) is 9.88 Å². The second-order valence-electron chi connectivity index (χ2n) is 9.75. The van der Waals surface area contributed by atoms with Gasteiger partial charge in [0, 0.05) is 17.9 Å². The Morgan fingerprint density at radius 3 is 2.32 bits per heavy atom. The summed E-state index contributed by atoms with van der Waals surface area (Å²) in [6.45, 7) is 5.61. The number of allylic oxidation sites excluding steroid dienone is 4. The molecule has 0 bridgehead atoms. The van der Waals surface area contributed by atoms with Gasteiger partial charge in [0.15, 0.2) is 0 Å². The van der Waals surface area contributed by atoms with Crippen molar-refractivity contribution in [2.45, 2.75) is 51.1 Å². The van der Waals surface area contributed by atoms with Gasteiger partial charge in [-0.05, 0) is 72.4 Å². The van der Waals surface area contributed by atoms with Crippen molar-refractivity contribution < 1.29 is 18.4 Å². The maximum Gasteiger partial charge on any atom is 0.262 e. The van der Waals surface area contributed by atoms with Gasteiger partial charge in [0.25, 0.3) is 5.91 Å². The average Bonchev–Trinajstić information content (AvgIpc) is 2.89. The summed E-state index contributed by atoms with van der Waals surface area (Å²) in [6, 6.07) is 18.8. The van der Waals surface area contributed by atoms with Crippen molar-refractivity contribution in [1.82, 2.24) is 9.79 Å². The van der Waals surface area contributed by atoms with E-state index in [9.17, 15) is 18.4 Å². The molecule has 1 atom stereocenters. The third kappa shape index (κ3) is 6.10. The lowest BCUT2D eigenvalue weighted by Gasteiger charge is -2.32. The normalized spacial score (nSPS) is 14.9. The fourth-order valence-electron chi connectivity index (χ4n) is 4.56. The molecule has 4 rings (SSSR count). The van der Waals surface area contributed by atoms with Crippen LogP contribution in [0, 0.1) is 5.92 Å². The van der Waals surface area contributed by atoms with Crippen LogP contribution in [0.2, 0.25) is 0 Å². The first kappa shape index (κ1) is 26.6. The Morgan fingerprint density at radius 1 is 0.973 bits per heavy atom. The van der Waals surface area contributed by atoms with E-state index in [1.54, 1.807) is 37.5 Å². The number of hydroxylamine groups is 1. The van der Waals surface area contributed by atoms with Gasteiger partial charge < -0.3 is 5.32 Å². The first-order valence-electron chi connectivity index (χ1n) is 12.4. The van der Waals surface area contributed by atoms with E-state index in [0.717, 1.165) is 40.6 Å². The smallest absolute Gasteiger partial charge is 0.262 e. The number of nitrogens with one attached hydrogen (secondary N) is 2. The van der Waals surface area contributed by atoms with Gasteiger partial charge in [-0.3, -0.25) is 10.0 Å². The predicted octanol–water partition coefficient (Wildman–Crippen LogP) is 5.60. The third-order valence-corrected chi connectivity index (χ3v) is 8.41. The van der Waals surface area contributed by atoms with Crippen LogP contribution < -0.4 is 10.8 Å². The Bertz CT molecular complexity index is 1450. The van der Waals surface area contributed by atoms with E-state index in [-0.39, 0.29) is 17.4 Å². The van der Waals surface area contributed by atoms with Crippen LogP contribution in [0.3, 0.4) is 0 Å². The summed E-state index contributed by atoms with van der Waals surface area (Å²) in [5, 5.41) is 14.5. The second kappa shape index (κ2) is 11.3. The molecule has 37 heavy (non-hydrogen) atoms. The van der Waals surface area contributed by atoms with Crippen LogP contribution in [0.5, 0.6) is 0 Å². The van der Waals surface area contributed by atoms with E-state index < -0.39 is 22.0 Å². The van der Waals surface area contributed by atoms with Gasteiger partial charge in [-0.1, -0.05) is 68.0 Å². The number of carbonyl (C=O) groups excluding carboxylic acids is 1. The Morgan fingerprint density at radius 2 is 1.68 bits per heavy atom. The van der Waals surface area contributed by atoms with Crippen LogP contribution in [0.1, 0.15) is 39.2 Å². The van der Waals surface area contributed by atoms with Gasteiger partial charge in [-0.2, -0.15) is 4.31 Å². The number of hydrogen-bond donors (Lipinski definition) is 3. The molecule has 0 aliphatic heterocycles. The molecule has 0 spiro atoms. The molecular formula is C29H33N3O4S. The number of hydrogen-bond acceptors (Lipinski definition) is 5. The highest BCUT2D eigenvalue weighted by Gasteiger charge is 2.38. The maximum absolute atomic E-state index is 13.9. The number of benzene rings is 3. The number of carbonyl (C=O) groups is 1. The Balaban J connectivity index is 1.69. The van der Waals surface area contributed by atoms with Gasteiger partial charge in [-0.25, -0.2) is 13.9 Å². The maximum atomic E-state index is 13.9. The molecule has 0 saturated heterocycles. The molecule has 8 heteroatoms. The summed E-state index contributed by atoms with van der Waals surface area (Å²) in [5.74, 6) is -1.15. The second-order valence-corrected chi connectivity index (χ2v) is 11.6. The SMILES string of the molecule is CC1=CC=C(Nc2ccc3cc(S(=O)(=O)N(Cc4ccccc4)[C@@H](C(=O)NO)C(C)C)ccc3c2)CC1. The van der Waals surface area contributed by atoms with Crippen molar-refractivity contribution >= 4 is 32.4 Å². The van der Waals surface area contributed by atoms with E-state index in [4.69, 9.17) is 0 Å². The van der Waals surface area contributed by atoms with Gasteiger partial charge in [-0.15, -0.1) is 0 Å². The molecule has 0 fully saturated rings. The first-order valence-corrected chi connectivity index (χ1v) is 13.8. The molecule has 0 saturated carbocycles. The molecule has 1 aliphatic rings. The van der Waals surface area contributed by atoms with Crippen molar-refractivity contribution in [2.24, 2.45) is 5.92 Å². The van der Waals surface area contributed by atoms with Gasteiger partial charge in [0.1, 0.15) is 6.04 Å². The molecule has 3 aromatic rings. The van der Waals surface area contributed by atoms with Crippen LogP contribution in [0.25, 0.3) is 10.8 Å². The minimum atomic E-state index is -4.10. The highest BCUT2D eigenvalue weighted by atomic mass is 32.2. The van der Waals surface area contributed by atoms with Crippen LogP contribution in [-0.2, 0) is 21.4 Å². The van der Waals surface area contributed by atoms with Gasteiger partial charge in [0.05, 0.1) is 4.90 Å². The predicted molar refractivity (Wildman–Crippen MR) is 146 cm³/mol. The summed E-state index contributed by atoms with van der Waals surface area (Å²) in [4.78, 5) is 12.7. The monoisotopic (exact) mass is 519 g/mol. The molecule has 1 aliphatic carbocycles. The molecule has 0 unspecified atom stereocenters. The summed E-state index contributed by atoms with van der Waals surface area (Å²) in [5.41, 5.74) is 5.82. The standard InChI is InChI=1S/C29H33N3O4S/c1-20(2)28(29(33)31-34)32(19-22-7-5-4-6-8-22)37(35,36)27-16-12-23-17-26(15-11-24(23)18-27)30-25-13-9-21(3)10-14-25/h4-9,11-13,15-18,20,28,30,34H,10,14,19H2,1-3H3,(H,31,33)/t28-/m1/s1. The topological polar surface area (TPSA) is 98.7 Å². The van der Waals surface area contributed by atoms with Crippen molar-refractivity contribution in [3.8, 4) is 0 Å². The minimum absolute atomic E-state index is 0.0105. The van der Waals surface area contributed by atoms with Crippen LogP contribution in [0.4, 0.5) is 5.69 Å². The largest absolute Gasteiger partial charge is 0.359 e. The number of fused-ring (bicyclic) bond motifs is 1. The molecule has 0 radical (unpaired) electrons. The molecule has 3 aromatic carbocycles. The number of sulfonamides is 1. The molecule has 1 amide bonds. The number of amides is 1. The Kier molecular flexibility index (Phi) is 8.12. The highest BCUT2D eigenvalue weighted by Crippen LogP contribution is 2.29. The van der Waals surface area contributed by atoms with Crippen molar-refractivity contribution in [3.63, 3.8) is 0 Å². The quantitative estimate of drug-likeness (QED) is 0.253. The fourth-order valence-corrected chi connectivity index (χ4v) is 6.30. The van der Waals surface area contributed by atoms with Gasteiger partial charge >= 0.3 is 0 Å². The first-order chi connectivity index (χ1) is 17.7. The zero-order valence-electron chi connectivity index (χ0n) is 21.3. The van der Waals surface area contributed by atoms with E-state index in [0.29, 0.717) is 0 Å². The molecule has 0 heterocycles. The molecule has 0 aromatic heterocycles. The number of rotatable bonds is 9. The summed E-state index contributed by atoms with van der Waals surface area (Å²) in [6.07, 6.45) is 6.19. The van der Waals surface area contributed by atoms with Crippen molar-refractivity contribution in [2.75, 3.05) is 5.32 Å². The van der Waals surface area contributed by atoms with E-state index in [2.05, 4.69) is 24.4 Å². The van der Waals surface area contributed by atoms with Crippen LogP contribution in [0.15, 0.2) is 95.0 Å². The van der Waals surface area contributed by atoms with Crippen molar-refractivity contribution in [3.05, 3.63) is 95.7 Å². The van der Waals surface area contributed by atoms with Gasteiger partial charge in [0.2, 0.25) is 10.0 Å². The zero-order valence-corrected chi connectivity index (χ0v) is 22.1. The Labute approximate surface area is 218 Å². The van der Waals surface area contributed by atoms with E-state index in [1.807, 2.05) is 48.5 Å². The zero-order chi connectivity index (χ0) is 26.6. The minimum Gasteiger partial charge on any atom is -0.359 e. The summed E-state index contributed by atoms with van der Waals surface area (Å²) < 4.78 is 29.1. The lowest BCUT2D eigenvalue weighted by Crippen LogP contribution is -2.51. The molecule has 3 N–H and O–H groups in total. The lowest BCUT2D eigenvalue weighted by molar-refractivity contribution is -0.134. The molecule has 194 valence electrons. The third-order valence-electron chi connectivity index (χ3n) is 6.58. The molecular weight excluding hydrogens is 486 g/mol. The fraction of sp³-hybridized carbons (Fsp3) is 0.276.